The van der Waals surface area contributed by atoms with Gasteiger partial charge in [-0.1, -0.05) is 12.2 Å². The molecular weight excluding hydrogens is 222 g/mol. The number of carbonyl (C=O) groups excluding carboxylic acids is 1. The normalized spacial score (nSPS) is 29.1. The maximum Gasteiger partial charge on any atom is 0.328 e. The van der Waals surface area contributed by atoms with Crippen molar-refractivity contribution in [1.29, 1.82) is 0 Å². The molecule has 0 radical (unpaired) electrons. The van der Waals surface area contributed by atoms with Gasteiger partial charge in [0.25, 0.3) is 0 Å². The van der Waals surface area contributed by atoms with Gasteiger partial charge in [-0.3, -0.25) is 4.79 Å². The van der Waals surface area contributed by atoms with Gasteiger partial charge in [-0.15, -0.1) is 0 Å². The summed E-state index contributed by atoms with van der Waals surface area (Å²) >= 11 is 0. The van der Waals surface area contributed by atoms with Crippen molar-refractivity contribution in [3.8, 4) is 0 Å². The number of ether oxygens (including phenoxy) is 1. The van der Waals surface area contributed by atoms with Crippen LogP contribution in [0.5, 0.6) is 0 Å². The van der Waals surface area contributed by atoms with E-state index >= 15 is 0 Å². The molecule has 0 saturated carbocycles. The minimum atomic E-state index is -0.982. The Morgan fingerprint density at radius 2 is 2.18 bits per heavy atom. The van der Waals surface area contributed by atoms with Crippen LogP contribution in [-0.2, 0) is 14.3 Å². The molecule has 0 unspecified atom stereocenters. The molecule has 1 aliphatic carbocycles. The molecule has 1 fully saturated rings. The molecule has 1 aliphatic heterocycles. The van der Waals surface area contributed by atoms with E-state index in [0.717, 1.165) is 19.3 Å². The fourth-order valence-electron chi connectivity index (χ4n) is 2.32. The minimum Gasteiger partial charge on any atom is -0.480 e. The number of hydrogen-bond donors (Lipinski definition) is 1. The lowest BCUT2D eigenvalue weighted by Gasteiger charge is -2.35. The number of allylic oxidation sites excluding steroid dienone is 2. The average molecular weight is 239 g/mol. The van der Waals surface area contributed by atoms with Crippen LogP contribution in [0.4, 0.5) is 0 Å². The molecule has 0 bridgehead atoms. The summed E-state index contributed by atoms with van der Waals surface area (Å²) in [6.45, 7) is 0.914. The maximum absolute atomic E-state index is 12.2. The number of carboxylic acids is 1. The number of aliphatic carboxylic acids is 1. The highest BCUT2D eigenvalue weighted by Crippen LogP contribution is 2.22. The fourth-order valence-corrected chi connectivity index (χ4v) is 2.32. The first-order chi connectivity index (χ1) is 8.20. The molecule has 0 aromatic heterocycles. The summed E-state index contributed by atoms with van der Waals surface area (Å²) < 4.78 is 5.12. The summed E-state index contributed by atoms with van der Waals surface area (Å²) in [5.41, 5.74) is 0. The van der Waals surface area contributed by atoms with E-state index in [-0.39, 0.29) is 18.4 Å². The Hall–Kier alpha value is -1.36. The van der Waals surface area contributed by atoms with Gasteiger partial charge in [-0.05, 0) is 19.3 Å². The summed E-state index contributed by atoms with van der Waals surface area (Å²) in [6, 6.07) is -0.817. The molecule has 0 spiro atoms. The first-order valence-electron chi connectivity index (χ1n) is 5.96. The van der Waals surface area contributed by atoms with E-state index in [1.807, 2.05) is 6.08 Å². The molecule has 1 amide bonds. The topological polar surface area (TPSA) is 66.8 Å². The quantitative estimate of drug-likeness (QED) is 0.719. The van der Waals surface area contributed by atoms with Crippen molar-refractivity contribution < 1.29 is 19.4 Å². The predicted molar refractivity (Wildman–Crippen MR) is 60.4 cm³/mol. The monoisotopic (exact) mass is 239 g/mol. The Balaban J connectivity index is 2.05. The minimum absolute atomic E-state index is 0.0370. The number of carboxylic acid groups (broad SMARTS) is 1. The molecule has 0 aromatic carbocycles. The van der Waals surface area contributed by atoms with Gasteiger partial charge in [-0.25, -0.2) is 4.79 Å². The fraction of sp³-hybridized carbons (Fsp3) is 0.667. The highest BCUT2D eigenvalue weighted by atomic mass is 16.5. The molecule has 94 valence electrons. The van der Waals surface area contributed by atoms with Crippen molar-refractivity contribution in [2.75, 3.05) is 19.8 Å². The highest BCUT2D eigenvalue weighted by Gasteiger charge is 2.35. The van der Waals surface area contributed by atoms with Crippen LogP contribution in [0.15, 0.2) is 12.2 Å². The third-order valence-corrected chi connectivity index (χ3v) is 3.31. The number of carbonyl (C=O) groups is 2. The second-order valence-corrected chi connectivity index (χ2v) is 4.44. The van der Waals surface area contributed by atoms with Crippen LogP contribution in [0.1, 0.15) is 19.3 Å². The van der Waals surface area contributed by atoms with Crippen LogP contribution < -0.4 is 0 Å². The first kappa shape index (κ1) is 12.1. The predicted octanol–water partition coefficient (Wildman–Crippen LogP) is 0.655. The van der Waals surface area contributed by atoms with E-state index in [0.29, 0.717) is 13.2 Å². The zero-order valence-corrected chi connectivity index (χ0v) is 9.67. The van der Waals surface area contributed by atoms with E-state index in [1.54, 1.807) is 0 Å². The Kier molecular flexibility index (Phi) is 3.78. The molecule has 1 heterocycles. The molecule has 1 N–H and O–H groups in total. The van der Waals surface area contributed by atoms with Crippen LogP contribution in [-0.4, -0.2) is 47.7 Å². The summed E-state index contributed by atoms with van der Waals surface area (Å²) in [7, 11) is 0. The largest absolute Gasteiger partial charge is 0.480 e. The van der Waals surface area contributed by atoms with E-state index < -0.39 is 12.0 Å². The van der Waals surface area contributed by atoms with Gasteiger partial charge in [0.15, 0.2) is 6.04 Å². The van der Waals surface area contributed by atoms with Crippen LogP contribution >= 0.6 is 0 Å². The van der Waals surface area contributed by atoms with E-state index in [2.05, 4.69) is 6.08 Å². The third-order valence-electron chi connectivity index (χ3n) is 3.31. The molecular formula is C12H17NO4. The second-order valence-electron chi connectivity index (χ2n) is 4.44. The maximum atomic E-state index is 12.2. The number of hydrogen-bond acceptors (Lipinski definition) is 3. The van der Waals surface area contributed by atoms with Crippen molar-refractivity contribution in [2.24, 2.45) is 5.92 Å². The Morgan fingerprint density at radius 3 is 2.82 bits per heavy atom. The van der Waals surface area contributed by atoms with Gasteiger partial charge in [0, 0.05) is 12.5 Å². The van der Waals surface area contributed by atoms with Crippen LogP contribution in [0, 0.1) is 5.92 Å². The third kappa shape index (κ3) is 2.66. The first-order valence-corrected chi connectivity index (χ1v) is 5.96. The van der Waals surface area contributed by atoms with Crippen LogP contribution in [0.3, 0.4) is 0 Å². The summed E-state index contributed by atoms with van der Waals surface area (Å²) in [5, 5.41) is 9.07. The summed E-state index contributed by atoms with van der Waals surface area (Å²) in [5.74, 6) is -1.07. The molecule has 5 heteroatoms. The second kappa shape index (κ2) is 5.31. The zero-order chi connectivity index (χ0) is 12.3. The number of rotatable bonds is 2. The molecule has 2 rings (SSSR count). The van der Waals surface area contributed by atoms with Gasteiger partial charge in [0.05, 0.1) is 13.2 Å². The smallest absolute Gasteiger partial charge is 0.328 e. The molecule has 2 aliphatic rings. The van der Waals surface area contributed by atoms with Crippen molar-refractivity contribution in [1.82, 2.24) is 4.90 Å². The number of amides is 1. The van der Waals surface area contributed by atoms with Crippen LogP contribution in [0.25, 0.3) is 0 Å². The highest BCUT2D eigenvalue weighted by molar-refractivity contribution is 5.85. The van der Waals surface area contributed by atoms with Gasteiger partial charge >= 0.3 is 5.97 Å². The Morgan fingerprint density at radius 1 is 1.35 bits per heavy atom. The molecule has 17 heavy (non-hydrogen) atoms. The number of morpholine rings is 1. The lowest BCUT2D eigenvalue weighted by molar-refractivity contribution is -0.160. The average Bonchev–Trinajstić information content (AvgIpc) is 2.39. The van der Waals surface area contributed by atoms with Crippen molar-refractivity contribution >= 4 is 11.9 Å². The van der Waals surface area contributed by atoms with Gasteiger partial charge in [0.1, 0.15) is 0 Å². The molecule has 5 nitrogen and oxygen atoms in total. The SMILES string of the molecule is O=C(O)[C@@H]1COCCN1C(=O)[C@H]1CC=CCC1. The van der Waals surface area contributed by atoms with Gasteiger partial charge in [-0.2, -0.15) is 0 Å². The van der Waals surface area contributed by atoms with E-state index in [9.17, 15) is 9.59 Å². The van der Waals surface area contributed by atoms with E-state index in [1.165, 1.54) is 4.90 Å². The number of nitrogens with zero attached hydrogens (tertiary/aromatic N) is 1. The van der Waals surface area contributed by atoms with Crippen molar-refractivity contribution in [3.05, 3.63) is 12.2 Å². The molecule has 0 aromatic rings. The zero-order valence-electron chi connectivity index (χ0n) is 9.67. The van der Waals surface area contributed by atoms with Gasteiger partial charge in [0.2, 0.25) is 5.91 Å². The standard InChI is InChI=1S/C12H17NO4/c14-11(9-4-2-1-3-5-9)13-6-7-17-8-10(13)12(15)16/h1-2,9-10H,3-8H2,(H,15,16)/t9-,10-/m0/s1. The summed E-state index contributed by atoms with van der Waals surface area (Å²) in [4.78, 5) is 24.8. The van der Waals surface area contributed by atoms with Crippen LogP contribution in [0.2, 0.25) is 0 Å². The van der Waals surface area contributed by atoms with Crippen molar-refractivity contribution in [2.45, 2.75) is 25.3 Å². The molecule has 1 saturated heterocycles. The van der Waals surface area contributed by atoms with E-state index in [4.69, 9.17) is 9.84 Å². The van der Waals surface area contributed by atoms with Gasteiger partial charge < -0.3 is 14.7 Å². The lowest BCUT2D eigenvalue weighted by Crippen LogP contribution is -2.54. The lowest BCUT2D eigenvalue weighted by atomic mass is 9.92. The Labute approximate surface area is 100 Å². The molecule has 2 atom stereocenters. The Bertz CT molecular complexity index is 339. The van der Waals surface area contributed by atoms with Crippen molar-refractivity contribution in [3.63, 3.8) is 0 Å². The summed E-state index contributed by atoms with van der Waals surface area (Å²) in [6.07, 6.45) is 6.51.